The van der Waals surface area contributed by atoms with Gasteiger partial charge in [0.15, 0.2) is 11.5 Å². The van der Waals surface area contributed by atoms with E-state index in [0.717, 1.165) is 11.3 Å². The van der Waals surface area contributed by atoms with E-state index in [1.807, 2.05) is 25.1 Å². The van der Waals surface area contributed by atoms with Crippen LogP contribution in [0.15, 0.2) is 18.2 Å². The van der Waals surface area contributed by atoms with E-state index in [1.165, 1.54) is 0 Å². The van der Waals surface area contributed by atoms with Crippen molar-refractivity contribution in [1.29, 1.82) is 0 Å². The molecule has 1 heterocycles. The number of carbonyl (C=O) groups excluding carboxylic acids is 1. The zero-order chi connectivity index (χ0) is 12.3. The number of benzene rings is 1. The largest absolute Gasteiger partial charge is 0.454 e. The van der Waals surface area contributed by atoms with Gasteiger partial charge in [-0.3, -0.25) is 4.79 Å². The summed E-state index contributed by atoms with van der Waals surface area (Å²) in [6.07, 6.45) is 0.320. The molecule has 0 saturated heterocycles. The van der Waals surface area contributed by atoms with Crippen LogP contribution >= 0.6 is 0 Å². The first-order chi connectivity index (χ1) is 8.19. The topological polar surface area (TPSA) is 73.6 Å². The van der Waals surface area contributed by atoms with Gasteiger partial charge in [0, 0.05) is 12.6 Å². The number of amides is 1. The van der Waals surface area contributed by atoms with Gasteiger partial charge in [0.1, 0.15) is 0 Å². The number of nitrogens with two attached hydrogens (primary N) is 1. The van der Waals surface area contributed by atoms with Crippen LogP contribution in [0.5, 0.6) is 11.5 Å². The van der Waals surface area contributed by atoms with Crippen LogP contribution in [0.4, 0.5) is 0 Å². The van der Waals surface area contributed by atoms with Crippen molar-refractivity contribution in [2.75, 3.05) is 13.3 Å². The minimum atomic E-state index is -0.0400. The third-order valence-electron chi connectivity index (χ3n) is 2.56. The quantitative estimate of drug-likeness (QED) is 0.794. The molecule has 2 rings (SSSR count). The fourth-order valence-corrected chi connectivity index (χ4v) is 1.62. The van der Waals surface area contributed by atoms with E-state index in [1.54, 1.807) is 0 Å². The maximum Gasteiger partial charge on any atom is 0.231 e. The second-order valence-electron chi connectivity index (χ2n) is 4.07. The minimum Gasteiger partial charge on any atom is -0.454 e. The molecule has 3 N–H and O–H groups in total. The number of hydrogen-bond donors (Lipinski definition) is 2. The lowest BCUT2D eigenvalue weighted by atomic mass is 10.1. The first-order valence-electron chi connectivity index (χ1n) is 5.57. The standard InChI is InChI=1S/C12H16N2O3/c1-8(6-13)14-12(15)5-9-2-3-10-11(4-9)17-7-16-10/h2-4,8H,5-7,13H2,1H3,(H,14,15)/t8-/m0/s1. The molecule has 0 saturated carbocycles. The Morgan fingerprint density at radius 1 is 1.47 bits per heavy atom. The van der Waals surface area contributed by atoms with E-state index in [9.17, 15) is 4.79 Å². The highest BCUT2D eigenvalue weighted by Gasteiger charge is 2.14. The van der Waals surface area contributed by atoms with Gasteiger partial charge in [-0.1, -0.05) is 6.07 Å². The number of nitrogens with one attached hydrogen (secondary N) is 1. The fourth-order valence-electron chi connectivity index (χ4n) is 1.62. The minimum absolute atomic E-state index is 0.00323. The first kappa shape index (κ1) is 11.7. The van der Waals surface area contributed by atoms with Crippen LogP contribution < -0.4 is 20.5 Å². The van der Waals surface area contributed by atoms with E-state index in [0.29, 0.717) is 18.7 Å². The van der Waals surface area contributed by atoms with Gasteiger partial charge in [-0.2, -0.15) is 0 Å². The lowest BCUT2D eigenvalue weighted by Crippen LogP contribution is -2.38. The molecule has 1 atom stereocenters. The highest BCUT2D eigenvalue weighted by atomic mass is 16.7. The van der Waals surface area contributed by atoms with Crippen LogP contribution in [0.1, 0.15) is 12.5 Å². The SMILES string of the molecule is C[C@@H](CN)NC(=O)Cc1ccc2c(c1)OCO2. The highest BCUT2D eigenvalue weighted by Crippen LogP contribution is 2.32. The molecule has 0 fully saturated rings. The molecule has 5 heteroatoms. The molecule has 1 aromatic rings. The molecule has 0 aliphatic carbocycles. The summed E-state index contributed by atoms with van der Waals surface area (Å²) in [7, 11) is 0. The van der Waals surface area contributed by atoms with Gasteiger partial charge >= 0.3 is 0 Å². The summed E-state index contributed by atoms with van der Waals surface area (Å²) in [4.78, 5) is 11.6. The summed E-state index contributed by atoms with van der Waals surface area (Å²) in [5.41, 5.74) is 6.34. The van der Waals surface area contributed by atoms with Gasteiger partial charge in [0.25, 0.3) is 0 Å². The monoisotopic (exact) mass is 236 g/mol. The van der Waals surface area contributed by atoms with Crippen LogP contribution in [0.2, 0.25) is 0 Å². The Kier molecular flexibility index (Phi) is 3.49. The fraction of sp³-hybridized carbons (Fsp3) is 0.417. The third kappa shape index (κ3) is 2.88. The summed E-state index contributed by atoms with van der Waals surface area (Å²) in [5, 5.41) is 2.81. The van der Waals surface area contributed by atoms with Gasteiger partial charge in [-0.15, -0.1) is 0 Å². The van der Waals surface area contributed by atoms with Crippen molar-refractivity contribution in [2.45, 2.75) is 19.4 Å². The molecule has 0 aromatic heterocycles. The van der Waals surface area contributed by atoms with Crippen LogP contribution in [0.25, 0.3) is 0 Å². The Bertz CT molecular complexity index is 420. The van der Waals surface area contributed by atoms with Crippen molar-refractivity contribution >= 4 is 5.91 Å². The van der Waals surface area contributed by atoms with Gasteiger partial charge in [-0.05, 0) is 24.6 Å². The molecule has 0 radical (unpaired) electrons. The molecular formula is C12H16N2O3. The van der Waals surface area contributed by atoms with Crippen LogP contribution in [0, 0.1) is 0 Å². The van der Waals surface area contributed by atoms with Gasteiger partial charge in [0.05, 0.1) is 6.42 Å². The van der Waals surface area contributed by atoms with Crippen LogP contribution in [0.3, 0.4) is 0 Å². The van der Waals surface area contributed by atoms with Crippen LogP contribution in [-0.2, 0) is 11.2 Å². The molecule has 1 aromatic carbocycles. The van der Waals surface area contributed by atoms with E-state index in [4.69, 9.17) is 15.2 Å². The van der Waals surface area contributed by atoms with Gasteiger partial charge < -0.3 is 20.5 Å². The van der Waals surface area contributed by atoms with Crippen LogP contribution in [-0.4, -0.2) is 25.3 Å². The summed E-state index contributed by atoms with van der Waals surface area (Å²) in [6, 6.07) is 5.50. The summed E-state index contributed by atoms with van der Waals surface area (Å²) in [6.45, 7) is 2.56. The molecule has 17 heavy (non-hydrogen) atoms. The molecule has 1 amide bonds. The van der Waals surface area contributed by atoms with Crippen molar-refractivity contribution in [1.82, 2.24) is 5.32 Å². The number of hydrogen-bond acceptors (Lipinski definition) is 4. The third-order valence-corrected chi connectivity index (χ3v) is 2.56. The second kappa shape index (κ2) is 5.05. The Labute approximate surface area is 99.9 Å². The molecule has 0 bridgehead atoms. The molecular weight excluding hydrogens is 220 g/mol. The average Bonchev–Trinajstić information content (AvgIpc) is 2.75. The smallest absolute Gasteiger partial charge is 0.231 e. The number of rotatable bonds is 4. The zero-order valence-electron chi connectivity index (χ0n) is 9.73. The van der Waals surface area contributed by atoms with E-state index >= 15 is 0 Å². The van der Waals surface area contributed by atoms with Crippen molar-refractivity contribution in [2.24, 2.45) is 5.73 Å². The first-order valence-corrected chi connectivity index (χ1v) is 5.57. The average molecular weight is 236 g/mol. The Hall–Kier alpha value is -1.75. The molecule has 1 aliphatic rings. The Balaban J connectivity index is 1.97. The molecule has 92 valence electrons. The molecule has 0 spiro atoms. The number of ether oxygens (including phenoxy) is 2. The highest BCUT2D eigenvalue weighted by molar-refractivity contribution is 5.79. The number of fused-ring (bicyclic) bond motifs is 1. The molecule has 0 unspecified atom stereocenters. The predicted octanol–water partition coefficient (Wildman–Crippen LogP) is 0.421. The van der Waals surface area contributed by atoms with E-state index in [2.05, 4.69) is 5.32 Å². The maximum absolute atomic E-state index is 11.6. The maximum atomic E-state index is 11.6. The zero-order valence-corrected chi connectivity index (χ0v) is 9.73. The molecule has 5 nitrogen and oxygen atoms in total. The lowest BCUT2D eigenvalue weighted by Gasteiger charge is -2.11. The summed E-state index contributed by atoms with van der Waals surface area (Å²) in [5.74, 6) is 1.38. The van der Waals surface area contributed by atoms with Crippen molar-refractivity contribution < 1.29 is 14.3 Å². The Morgan fingerprint density at radius 2 is 2.24 bits per heavy atom. The summed E-state index contributed by atoms with van der Waals surface area (Å²) < 4.78 is 10.5. The van der Waals surface area contributed by atoms with Gasteiger partial charge in [-0.25, -0.2) is 0 Å². The number of carbonyl (C=O) groups is 1. The second-order valence-corrected chi connectivity index (χ2v) is 4.07. The normalized spacial score (nSPS) is 14.5. The Morgan fingerprint density at radius 3 is 3.00 bits per heavy atom. The summed E-state index contributed by atoms with van der Waals surface area (Å²) >= 11 is 0. The lowest BCUT2D eigenvalue weighted by molar-refractivity contribution is -0.120. The van der Waals surface area contributed by atoms with E-state index < -0.39 is 0 Å². The van der Waals surface area contributed by atoms with Crippen molar-refractivity contribution in [3.8, 4) is 11.5 Å². The van der Waals surface area contributed by atoms with Crippen molar-refractivity contribution in [3.63, 3.8) is 0 Å². The molecule has 1 aliphatic heterocycles. The van der Waals surface area contributed by atoms with Gasteiger partial charge in [0.2, 0.25) is 12.7 Å². The predicted molar refractivity (Wildman–Crippen MR) is 62.9 cm³/mol. The van der Waals surface area contributed by atoms with E-state index in [-0.39, 0.29) is 18.7 Å². The van der Waals surface area contributed by atoms with Crippen molar-refractivity contribution in [3.05, 3.63) is 23.8 Å².